The van der Waals surface area contributed by atoms with Gasteiger partial charge < -0.3 is 14.8 Å². The molecular formula is C32H23F4IN4O4. The number of hydrogen-bond acceptors (Lipinski definition) is 6. The normalized spacial score (nSPS) is 11.6. The highest BCUT2D eigenvalue weighted by Gasteiger charge is 2.31. The number of halogens is 5. The topological polar surface area (TPSA) is 94.8 Å². The molecular weight excluding hydrogens is 707 g/mol. The maximum Gasteiger partial charge on any atom is 0.416 e. The van der Waals surface area contributed by atoms with E-state index in [4.69, 9.17) is 9.47 Å². The predicted molar refractivity (Wildman–Crippen MR) is 170 cm³/mol. The van der Waals surface area contributed by atoms with E-state index in [1.165, 1.54) is 36.5 Å². The van der Waals surface area contributed by atoms with Gasteiger partial charge in [0.25, 0.3) is 11.5 Å². The van der Waals surface area contributed by atoms with Crippen LogP contribution in [-0.4, -0.2) is 35.0 Å². The van der Waals surface area contributed by atoms with Crippen molar-refractivity contribution in [1.82, 2.24) is 9.66 Å². The third-order valence-corrected chi connectivity index (χ3v) is 7.11. The third kappa shape index (κ3) is 7.48. The second-order valence-corrected chi connectivity index (χ2v) is 10.7. The van der Waals surface area contributed by atoms with Crippen LogP contribution in [0.5, 0.6) is 11.5 Å². The van der Waals surface area contributed by atoms with Gasteiger partial charge in [-0.15, -0.1) is 0 Å². The highest BCUT2D eigenvalue weighted by molar-refractivity contribution is 14.1. The fraction of sp³-hybridized carbons (Fsp3) is 0.125. The monoisotopic (exact) mass is 730 g/mol. The van der Waals surface area contributed by atoms with E-state index >= 15 is 0 Å². The Morgan fingerprint density at radius 1 is 1.02 bits per heavy atom. The van der Waals surface area contributed by atoms with Crippen LogP contribution in [0.2, 0.25) is 0 Å². The van der Waals surface area contributed by atoms with Crippen molar-refractivity contribution in [2.45, 2.75) is 13.1 Å². The Balaban J connectivity index is 1.48. The van der Waals surface area contributed by atoms with Crippen molar-refractivity contribution in [3.63, 3.8) is 0 Å². The molecule has 1 amide bonds. The molecule has 0 saturated heterocycles. The van der Waals surface area contributed by atoms with Crippen molar-refractivity contribution < 1.29 is 31.8 Å². The minimum atomic E-state index is -4.60. The summed E-state index contributed by atoms with van der Waals surface area (Å²) in [5.74, 6) is -0.535. The Morgan fingerprint density at radius 3 is 2.56 bits per heavy atom. The van der Waals surface area contributed by atoms with E-state index in [1.54, 1.807) is 49.4 Å². The first-order chi connectivity index (χ1) is 21.5. The van der Waals surface area contributed by atoms with Gasteiger partial charge in [0.15, 0.2) is 23.9 Å². The van der Waals surface area contributed by atoms with Crippen LogP contribution in [0.1, 0.15) is 18.1 Å². The number of alkyl halides is 3. The molecule has 0 saturated carbocycles. The summed E-state index contributed by atoms with van der Waals surface area (Å²) < 4.78 is 66.9. The first-order valence-electron chi connectivity index (χ1n) is 13.4. The molecule has 0 unspecified atom stereocenters. The second-order valence-electron chi connectivity index (χ2n) is 9.50. The SMILES string of the molecule is CCOc1cc(C=Nn2c(-c3cccc(C(F)(F)F)c3)nc3ccccc3c2=O)cc(I)c1OCC(=O)Nc1cccc(F)c1. The van der Waals surface area contributed by atoms with Gasteiger partial charge in [0.1, 0.15) is 5.82 Å². The molecule has 0 fully saturated rings. The summed E-state index contributed by atoms with van der Waals surface area (Å²) in [5.41, 5.74) is -0.373. The summed E-state index contributed by atoms with van der Waals surface area (Å²) in [6, 6.07) is 19.7. The smallest absolute Gasteiger partial charge is 0.416 e. The van der Waals surface area contributed by atoms with Gasteiger partial charge in [0.05, 0.1) is 32.9 Å². The summed E-state index contributed by atoms with van der Waals surface area (Å²) in [4.78, 5) is 30.4. The van der Waals surface area contributed by atoms with Crippen molar-refractivity contribution in [2.75, 3.05) is 18.5 Å². The molecule has 230 valence electrons. The molecule has 5 aromatic rings. The molecule has 1 N–H and O–H groups in total. The van der Waals surface area contributed by atoms with Gasteiger partial charge in [0.2, 0.25) is 0 Å². The molecule has 13 heteroatoms. The van der Waals surface area contributed by atoms with Crippen molar-refractivity contribution in [1.29, 1.82) is 0 Å². The van der Waals surface area contributed by atoms with E-state index < -0.39 is 35.6 Å². The summed E-state index contributed by atoms with van der Waals surface area (Å²) in [6.07, 6.45) is -3.25. The van der Waals surface area contributed by atoms with Crippen molar-refractivity contribution in [3.8, 4) is 22.9 Å². The Hall–Kier alpha value is -4.79. The zero-order valence-electron chi connectivity index (χ0n) is 23.4. The summed E-state index contributed by atoms with van der Waals surface area (Å²) >= 11 is 1.99. The number of amides is 1. The van der Waals surface area contributed by atoms with Gasteiger partial charge in [-0.1, -0.05) is 30.3 Å². The minimum Gasteiger partial charge on any atom is -0.490 e. The molecule has 4 aromatic carbocycles. The summed E-state index contributed by atoms with van der Waals surface area (Å²) in [5, 5.41) is 7.12. The molecule has 0 aliphatic heterocycles. The molecule has 1 aromatic heterocycles. The fourth-order valence-electron chi connectivity index (χ4n) is 4.34. The molecule has 0 bridgehead atoms. The number of rotatable bonds is 9. The van der Waals surface area contributed by atoms with Crippen LogP contribution in [0.3, 0.4) is 0 Å². The van der Waals surface area contributed by atoms with Gasteiger partial charge >= 0.3 is 6.18 Å². The number of nitrogens with zero attached hydrogens (tertiary/aromatic N) is 3. The van der Waals surface area contributed by atoms with Crippen LogP contribution in [0.4, 0.5) is 23.2 Å². The lowest BCUT2D eigenvalue weighted by Gasteiger charge is -2.15. The molecule has 0 spiro atoms. The van der Waals surface area contributed by atoms with Crippen LogP contribution >= 0.6 is 22.6 Å². The lowest BCUT2D eigenvalue weighted by atomic mass is 10.1. The van der Waals surface area contributed by atoms with Gasteiger partial charge in [-0.3, -0.25) is 9.59 Å². The van der Waals surface area contributed by atoms with E-state index in [0.29, 0.717) is 14.7 Å². The van der Waals surface area contributed by atoms with Gasteiger partial charge in [-0.2, -0.15) is 22.9 Å². The lowest BCUT2D eigenvalue weighted by Crippen LogP contribution is -2.21. The molecule has 0 aliphatic rings. The Morgan fingerprint density at radius 2 is 1.80 bits per heavy atom. The summed E-state index contributed by atoms with van der Waals surface area (Å²) in [6.45, 7) is 1.63. The zero-order valence-corrected chi connectivity index (χ0v) is 25.6. The Bertz CT molecular complexity index is 1980. The number of anilines is 1. The van der Waals surface area contributed by atoms with Crippen molar-refractivity contribution >= 4 is 51.3 Å². The van der Waals surface area contributed by atoms with Gasteiger partial charge in [0, 0.05) is 11.3 Å². The maximum atomic E-state index is 13.5. The second kappa shape index (κ2) is 13.5. The molecule has 5 rings (SSSR count). The van der Waals surface area contributed by atoms with Crippen LogP contribution in [-0.2, 0) is 11.0 Å². The number of carbonyl (C=O) groups is 1. The van der Waals surface area contributed by atoms with E-state index in [1.807, 2.05) is 22.6 Å². The average Bonchev–Trinajstić information content (AvgIpc) is 3.00. The van der Waals surface area contributed by atoms with Crippen LogP contribution in [0, 0.1) is 9.39 Å². The number of aromatic nitrogens is 2. The quantitative estimate of drug-likeness (QED) is 0.0991. The molecule has 8 nitrogen and oxygen atoms in total. The van der Waals surface area contributed by atoms with E-state index in [-0.39, 0.29) is 40.6 Å². The van der Waals surface area contributed by atoms with E-state index in [0.717, 1.165) is 16.8 Å². The summed E-state index contributed by atoms with van der Waals surface area (Å²) in [7, 11) is 0. The number of para-hydroxylation sites is 1. The Kier molecular flexibility index (Phi) is 9.46. The average molecular weight is 730 g/mol. The number of carbonyl (C=O) groups excluding carboxylic acids is 1. The van der Waals surface area contributed by atoms with E-state index in [2.05, 4.69) is 15.4 Å². The number of hydrogen-bond donors (Lipinski definition) is 1. The van der Waals surface area contributed by atoms with Crippen molar-refractivity contribution in [2.24, 2.45) is 5.10 Å². The fourth-order valence-corrected chi connectivity index (χ4v) is 5.12. The van der Waals surface area contributed by atoms with Crippen molar-refractivity contribution in [3.05, 3.63) is 116 Å². The van der Waals surface area contributed by atoms with Crippen LogP contribution in [0.25, 0.3) is 22.3 Å². The number of ether oxygens (including phenoxy) is 2. The standard InChI is InChI=1S/C32H23F4IN4O4/c1-2-44-27-14-19(13-25(37)29(27)45-18-28(42)39-23-10-6-9-22(33)16-23)17-38-41-30(20-7-5-8-21(15-20)32(34,35)36)40-26-12-4-3-11-24(26)31(41)43/h3-17H,2,18H2,1H3,(H,39,42). The highest BCUT2D eigenvalue weighted by Crippen LogP contribution is 2.34. The maximum absolute atomic E-state index is 13.5. The molecule has 0 radical (unpaired) electrons. The lowest BCUT2D eigenvalue weighted by molar-refractivity contribution is -0.137. The van der Waals surface area contributed by atoms with Gasteiger partial charge in [-0.25, -0.2) is 9.37 Å². The molecule has 1 heterocycles. The third-order valence-electron chi connectivity index (χ3n) is 6.31. The number of nitrogens with one attached hydrogen (secondary N) is 1. The largest absolute Gasteiger partial charge is 0.490 e. The first kappa shape index (κ1) is 31.6. The minimum absolute atomic E-state index is 0.0506. The highest BCUT2D eigenvalue weighted by atomic mass is 127. The van der Waals surface area contributed by atoms with Crippen LogP contribution < -0.4 is 20.3 Å². The van der Waals surface area contributed by atoms with Gasteiger partial charge in [-0.05, 0) is 89.7 Å². The van der Waals surface area contributed by atoms with E-state index in [9.17, 15) is 27.2 Å². The molecule has 0 aliphatic carbocycles. The zero-order chi connectivity index (χ0) is 32.1. The molecule has 0 atom stereocenters. The molecule has 45 heavy (non-hydrogen) atoms. The van der Waals surface area contributed by atoms with Crippen LogP contribution in [0.15, 0.2) is 94.8 Å². The number of fused-ring (bicyclic) bond motifs is 1. The number of benzene rings is 4. The predicted octanol–water partition coefficient (Wildman–Crippen LogP) is 7.12. The Labute approximate surface area is 267 Å². The first-order valence-corrected chi connectivity index (χ1v) is 14.5.